The van der Waals surface area contributed by atoms with Gasteiger partial charge in [0.25, 0.3) is 0 Å². The van der Waals surface area contributed by atoms with Crippen LogP contribution in [0.25, 0.3) is 0 Å². The normalized spacial score (nSPS) is 10.9. The lowest BCUT2D eigenvalue weighted by Crippen LogP contribution is -2.07. The molecule has 0 aliphatic heterocycles. The van der Waals surface area contributed by atoms with Crippen molar-refractivity contribution >= 4 is 17.9 Å². The van der Waals surface area contributed by atoms with E-state index in [4.69, 9.17) is 4.74 Å². The standard InChI is InChI=1S/C23H21NO5/c25-18-11-12-21(26)17(14-18)15-24-20-10-4-9-19(22(20)27)23(28)29-13-5-8-16-6-2-1-3-7-16/h1-4,6-7,9-12,14-15,25-27H,5,8,13H2. The number of hydrogen-bond donors (Lipinski definition) is 3. The second kappa shape index (κ2) is 9.41. The molecule has 0 radical (unpaired) electrons. The summed E-state index contributed by atoms with van der Waals surface area (Å²) in [5.74, 6) is -1.04. The topological polar surface area (TPSA) is 99.4 Å². The van der Waals surface area contributed by atoms with Crippen LogP contribution in [0, 0.1) is 0 Å². The van der Waals surface area contributed by atoms with E-state index in [1.54, 1.807) is 6.07 Å². The number of hydrogen-bond acceptors (Lipinski definition) is 6. The molecule has 0 aliphatic rings. The summed E-state index contributed by atoms with van der Waals surface area (Å²) in [5, 5.41) is 29.7. The van der Waals surface area contributed by atoms with Crippen LogP contribution in [0.3, 0.4) is 0 Å². The maximum absolute atomic E-state index is 12.3. The Bertz CT molecular complexity index is 1020. The molecule has 0 atom stereocenters. The van der Waals surface area contributed by atoms with Crippen molar-refractivity contribution < 1.29 is 24.9 Å². The first-order valence-electron chi connectivity index (χ1n) is 9.13. The number of aromatic hydroxyl groups is 3. The van der Waals surface area contributed by atoms with Gasteiger partial charge in [-0.25, -0.2) is 4.79 Å². The number of phenols is 3. The fourth-order valence-corrected chi connectivity index (χ4v) is 2.75. The van der Waals surface area contributed by atoms with E-state index in [0.717, 1.165) is 12.0 Å². The highest BCUT2D eigenvalue weighted by atomic mass is 16.5. The van der Waals surface area contributed by atoms with Gasteiger partial charge in [-0.3, -0.25) is 4.99 Å². The SMILES string of the molecule is O=C(OCCCc1ccccc1)c1cccc(N=Cc2cc(O)ccc2O)c1O. The number of ether oxygens (including phenoxy) is 1. The molecule has 0 saturated heterocycles. The van der Waals surface area contributed by atoms with E-state index in [1.165, 1.54) is 36.5 Å². The molecule has 29 heavy (non-hydrogen) atoms. The highest BCUT2D eigenvalue weighted by Gasteiger charge is 2.15. The molecule has 3 rings (SSSR count). The van der Waals surface area contributed by atoms with Crippen LogP contribution < -0.4 is 0 Å². The van der Waals surface area contributed by atoms with Gasteiger partial charge in [-0.2, -0.15) is 0 Å². The van der Waals surface area contributed by atoms with Crippen LogP contribution in [0.4, 0.5) is 5.69 Å². The van der Waals surface area contributed by atoms with E-state index in [1.807, 2.05) is 30.3 Å². The summed E-state index contributed by atoms with van der Waals surface area (Å²) in [5.41, 5.74) is 1.60. The van der Waals surface area contributed by atoms with E-state index < -0.39 is 5.97 Å². The molecule has 0 saturated carbocycles. The Morgan fingerprint density at radius 2 is 1.76 bits per heavy atom. The molecule has 148 valence electrons. The van der Waals surface area contributed by atoms with Gasteiger partial charge < -0.3 is 20.1 Å². The molecule has 3 aromatic rings. The van der Waals surface area contributed by atoms with Gasteiger partial charge in [0, 0.05) is 11.8 Å². The molecular formula is C23H21NO5. The minimum Gasteiger partial charge on any atom is -0.508 e. The predicted octanol–water partition coefficient (Wildman–Crippen LogP) is 4.34. The molecule has 3 aromatic carbocycles. The predicted molar refractivity (Wildman–Crippen MR) is 110 cm³/mol. The third-order valence-corrected chi connectivity index (χ3v) is 4.27. The van der Waals surface area contributed by atoms with Gasteiger partial charge in [-0.15, -0.1) is 0 Å². The summed E-state index contributed by atoms with van der Waals surface area (Å²) in [6.45, 7) is 0.234. The van der Waals surface area contributed by atoms with Crippen LogP contribution in [0.15, 0.2) is 71.7 Å². The van der Waals surface area contributed by atoms with Crippen LogP contribution in [0.5, 0.6) is 17.2 Å². The van der Waals surface area contributed by atoms with Gasteiger partial charge in [0.2, 0.25) is 0 Å². The van der Waals surface area contributed by atoms with Gasteiger partial charge in [0.05, 0.1) is 6.61 Å². The molecule has 3 N–H and O–H groups in total. The molecule has 0 unspecified atom stereocenters. The lowest BCUT2D eigenvalue weighted by atomic mass is 10.1. The summed E-state index contributed by atoms with van der Waals surface area (Å²) < 4.78 is 5.26. The molecule has 0 bridgehead atoms. The van der Waals surface area contributed by atoms with E-state index >= 15 is 0 Å². The van der Waals surface area contributed by atoms with Crippen LogP contribution in [0.2, 0.25) is 0 Å². The van der Waals surface area contributed by atoms with Gasteiger partial charge in [-0.1, -0.05) is 36.4 Å². The third kappa shape index (κ3) is 5.35. The summed E-state index contributed by atoms with van der Waals surface area (Å²) in [7, 11) is 0. The number of aliphatic imine (C=N–C) groups is 1. The van der Waals surface area contributed by atoms with E-state index in [2.05, 4.69) is 4.99 Å². The van der Waals surface area contributed by atoms with Gasteiger partial charge >= 0.3 is 5.97 Å². The fraction of sp³-hybridized carbons (Fsp3) is 0.130. The number of nitrogens with zero attached hydrogens (tertiary/aromatic N) is 1. The smallest absolute Gasteiger partial charge is 0.341 e. The number of carbonyl (C=O) groups excluding carboxylic acids is 1. The molecule has 6 nitrogen and oxygen atoms in total. The Hall–Kier alpha value is -3.80. The number of carbonyl (C=O) groups is 1. The van der Waals surface area contributed by atoms with Crippen molar-refractivity contribution in [1.82, 2.24) is 0 Å². The molecule has 0 spiro atoms. The molecular weight excluding hydrogens is 370 g/mol. The summed E-state index contributed by atoms with van der Waals surface area (Å²) >= 11 is 0. The highest BCUT2D eigenvalue weighted by Crippen LogP contribution is 2.31. The molecule has 0 fully saturated rings. The molecule has 0 heterocycles. The number of benzene rings is 3. The van der Waals surface area contributed by atoms with Gasteiger partial charge in [0.1, 0.15) is 22.7 Å². The first kappa shape index (κ1) is 19.9. The monoisotopic (exact) mass is 391 g/mol. The van der Waals surface area contributed by atoms with E-state index in [9.17, 15) is 20.1 Å². The Kier molecular flexibility index (Phi) is 6.47. The summed E-state index contributed by atoms with van der Waals surface area (Å²) in [6.07, 6.45) is 2.75. The zero-order chi connectivity index (χ0) is 20.6. The number of aryl methyl sites for hydroxylation is 1. The zero-order valence-corrected chi connectivity index (χ0v) is 15.7. The zero-order valence-electron chi connectivity index (χ0n) is 15.7. The third-order valence-electron chi connectivity index (χ3n) is 4.27. The second-order valence-corrected chi connectivity index (χ2v) is 6.40. The van der Waals surface area contributed by atoms with Crippen molar-refractivity contribution in [3.8, 4) is 17.2 Å². The molecule has 6 heteroatoms. The summed E-state index contributed by atoms with van der Waals surface area (Å²) in [4.78, 5) is 16.4. The Morgan fingerprint density at radius 1 is 0.966 bits per heavy atom. The van der Waals surface area contributed by atoms with Gasteiger partial charge in [-0.05, 0) is 48.7 Å². The Morgan fingerprint density at radius 3 is 2.55 bits per heavy atom. The Labute approximate surface area is 168 Å². The average molecular weight is 391 g/mol. The lowest BCUT2D eigenvalue weighted by Gasteiger charge is -2.08. The highest BCUT2D eigenvalue weighted by molar-refractivity contribution is 5.95. The molecule has 0 aromatic heterocycles. The maximum atomic E-state index is 12.3. The van der Waals surface area contributed by atoms with Crippen LogP contribution in [-0.2, 0) is 11.2 Å². The first-order chi connectivity index (χ1) is 14.0. The van der Waals surface area contributed by atoms with Crippen molar-refractivity contribution in [2.75, 3.05) is 6.61 Å². The number of rotatable bonds is 7. The number of para-hydroxylation sites is 1. The van der Waals surface area contributed by atoms with Gasteiger partial charge in [0.15, 0.2) is 5.75 Å². The number of esters is 1. The minimum absolute atomic E-state index is 0.0134. The Balaban J connectivity index is 1.64. The van der Waals surface area contributed by atoms with Crippen LogP contribution in [0.1, 0.15) is 27.9 Å². The van der Waals surface area contributed by atoms with Crippen LogP contribution >= 0.6 is 0 Å². The first-order valence-corrected chi connectivity index (χ1v) is 9.13. The van der Waals surface area contributed by atoms with E-state index in [-0.39, 0.29) is 40.7 Å². The second-order valence-electron chi connectivity index (χ2n) is 6.40. The maximum Gasteiger partial charge on any atom is 0.341 e. The average Bonchev–Trinajstić information content (AvgIpc) is 2.73. The largest absolute Gasteiger partial charge is 0.508 e. The van der Waals surface area contributed by atoms with E-state index in [0.29, 0.717) is 6.42 Å². The minimum atomic E-state index is -0.632. The van der Waals surface area contributed by atoms with Crippen molar-refractivity contribution in [3.05, 3.63) is 83.4 Å². The summed E-state index contributed by atoms with van der Waals surface area (Å²) in [6, 6.07) is 18.5. The lowest BCUT2D eigenvalue weighted by molar-refractivity contribution is 0.0497. The fourth-order valence-electron chi connectivity index (χ4n) is 2.75. The van der Waals surface area contributed by atoms with Crippen molar-refractivity contribution in [2.45, 2.75) is 12.8 Å². The van der Waals surface area contributed by atoms with Crippen molar-refractivity contribution in [1.29, 1.82) is 0 Å². The molecule has 0 amide bonds. The van der Waals surface area contributed by atoms with Crippen LogP contribution in [-0.4, -0.2) is 34.1 Å². The quantitative estimate of drug-likeness (QED) is 0.241. The van der Waals surface area contributed by atoms with Crippen molar-refractivity contribution in [2.24, 2.45) is 4.99 Å². The number of phenolic OH excluding ortho intramolecular Hbond substituents is 3. The molecule has 0 aliphatic carbocycles. The van der Waals surface area contributed by atoms with Crippen molar-refractivity contribution in [3.63, 3.8) is 0 Å².